The third kappa shape index (κ3) is 4.54. The van der Waals surface area contributed by atoms with Gasteiger partial charge in [-0.25, -0.2) is 0 Å². The number of aromatic nitrogens is 2. The molecule has 0 unspecified atom stereocenters. The van der Waals surface area contributed by atoms with E-state index in [0.29, 0.717) is 18.3 Å². The van der Waals surface area contributed by atoms with E-state index in [9.17, 15) is 4.79 Å². The number of likely N-dealkylation sites (N-methyl/N-ethyl adjacent to an activating group) is 1. The fourth-order valence-corrected chi connectivity index (χ4v) is 3.41. The van der Waals surface area contributed by atoms with E-state index in [0.717, 1.165) is 21.8 Å². The van der Waals surface area contributed by atoms with Gasteiger partial charge in [-0.3, -0.25) is 4.79 Å². The predicted octanol–water partition coefficient (Wildman–Crippen LogP) is 4.23. The zero-order valence-electron chi connectivity index (χ0n) is 15.9. The molecule has 1 amide bonds. The minimum absolute atomic E-state index is 0.117. The number of hydrogen-bond donors (Lipinski definition) is 0. The molecule has 0 radical (unpaired) electrons. The summed E-state index contributed by atoms with van der Waals surface area (Å²) in [7, 11) is 0. The lowest BCUT2D eigenvalue weighted by atomic mass is 10.1. The molecular weight excluding hydrogens is 362 g/mol. The van der Waals surface area contributed by atoms with Gasteiger partial charge in [-0.15, -0.1) is 11.3 Å². The fourth-order valence-electron chi connectivity index (χ4n) is 2.76. The number of ether oxygens (including phenoxy) is 1. The van der Waals surface area contributed by atoms with Gasteiger partial charge in [0.05, 0.1) is 4.88 Å². The summed E-state index contributed by atoms with van der Waals surface area (Å²) in [5.74, 6) is 1.55. The van der Waals surface area contributed by atoms with Crippen LogP contribution >= 0.6 is 11.3 Å². The summed E-state index contributed by atoms with van der Waals surface area (Å²) in [5.41, 5.74) is 2.17. The molecule has 0 bridgehead atoms. The van der Waals surface area contributed by atoms with Crippen LogP contribution in [0.1, 0.15) is 30.9 Å². The maximum atomic E-state index is 12.8. The van der Waals surface area contributed by atoms with Crippen molar-refractivity contribution in [3.8, 4) is 16.5 Å². The van der Waals surface area contributed by atoms with Gasteiger partial charge in [-0.2, -0.15) is 4.98 Å². The lowest BCUT2D eigenvalue weighted by molar-refractivity contribution is -0.138. The second kappa shape index (κ2) is 8.35. The minimum atomic E-state index is -0.606. The Morgan fingerprint density at radius 1 is 1.33 bits per heavy atom. The van der Waals surface area contributed by atoms with Crippen LogP contribution in [0.2, 0.25) is 0 Å². The molecule has 0 saturated heterocycles. The van der Waals surface area contributed by atoms with Crippen molar-refractivity contribution in [3.63, 3.8) is 0 Å². The van der Waals surface area contributed by atoms with Crippen LogP contribution in [0.25, 0.3) is 10.7 Å². The summed E-state index contributed by atoms with van der Waals surface area (Å²) in [6.45, 7) is 8.46. The Kier molecular flexibility index (Phi) is 5.91. The van der Waals surface area contributed by atoms with Crippen molar-refractivity contribution in [1.82, 2.24) is 15.0 Å². The first-order valence-corrected chi connectivity index (χ1v) is 9.75. The highest BCUT2D eigenvalue weighted by atomic mass is 32.1. The van der Waals surface area contributed by atoms with Crippen LogP contribution in [-0.2, 0) is 11.3 Å². The number of amides is 1. The quantitative estimate of drug-likeness (QED) is 0.609. The SMILES string of the molecule is CCN(Cc1nc(-c2cccs2)no1)C(=O)[C@H](C)Oc1ccc(C)cc1C. The third-order valence-electron chi connectivity index (χ3n) is 4.21. The highest BCUT2D eigenvalue weighted by Crippen LogP contribution is 2.23. The van der Waals surface area contributed by atoms with Gasteiger partial charge in [-0.05, 0) is 50.8 Å². The van der Waals surface area contributed by atoms with E-state index in [1.807, 2.05) is 56.5 Å². The van der Waals surface area contributed by atoms with Gasteiger partial charge in [0.2, 0.25) is 11.7 Å². The number of nitrogens with zero attached hydrogens (tertiary/aromatic N) is 3. The number of rotatable bonds is 7. The Bertz CT molecular complexity index is 905. The first kappa shape index (κ1) is 19.1. The van der Waals surface area contributed by atoms with Gasteiger partial charge in [0.1, 0.15) is 12.3 Å². The summed E-state index contributed by atoms with van der Waals surface area (Å²) in [4.78, 5) is 19.8. The van der Waals surface area contributed by atoms with Crippen LogP contribution in [0, 0.1) is 13.8 Å². The number of aryl methyl sites for hydroxylation is 2. The lowest BCUT2D eigenvalue weighted by Gasteiger charge is -2.24. The van der Waals surface area contributed by atoms with Crippen molar-refractivity contribution < 1.29 is 14.1 Å². The number of thiophene rings is 1. The van der Waals surface area contributed by atoms with Crippen LogP contribution in [-0.4, -0.2) is 33.6 Å². The normalized spacial score (nSPS) is 12.0. The predicted molar refractivity (Wildman–Crippen MR) is 105 cm³/mol. The molecule has 3 rings (SSSR count). The van der Waals surface area contributed by atoms with Crippen LogP contribution in [0.15, 0.2) is 40.2 Å². The van der Waals surface area contributed by atoms with Gasteiger partial charge in [-0.1, -0.05) is 28.9 Å². The largest absolute Gasteiger partial charge is 0.481 e. The second-order valence-corrected chi connectivity index (χ2v) is 7.32. The molecule has 0 fully saturated rings. The molecule has 2 heterocycles. The Morgan fingerprint density at radius 2 is 2.15 bits per heavy atom. The number of carbonyl (C=O) groups excluding carboxylic acids is 1. The molecular formula is C20H23N3O3S. The fraction of sp³-hybridized carbons (Fsp3) is 0.350. The van der Waals surface area contributed by atoms with Crippen molar-refractivity contribution in [2.24, 2.45) is 0 Å². The molecule has 1 atom stereocenters. The molecule has 0 aliphatic heterocycles. The zero-order valence-corrected chi connectivity index (χ0v) is 16.7. The number of carbonyl (C=O) groups is 1. The Balaban J connectivity index is 1.66. The molecule has 3 aromatic rings. The van der Waals surface area contributed by atoms with E-state index in [1.54, 1.807) is 23.2 Å². The summed E-state index contributed by atoms with van der Waals surface area (Å²) in [6, 6.07) is 9.78. The van der Waals surface area contributed by atoms with E-state index < -0.39 is 6.10 Å². The Labute approximate surface area is 162 Å². The van der Waals surface area contributed by atoms with Gasteiger partial charge >= 0.3 is 0 Å². The van der Waals surface area contributed by atoms with Crippen molar-refractivity contribution >= 4 is 17.2 Å². The lowest BCUT2D eigenvalue weighted by Crippen LogP contribution is -2.40. The van der Waals surface area contributed by atoms with Crippen molar-refractivity contribution in [2.45, 2.75) is 40.3 Å². The summed E-state index contributed by atoms with van der Waals surface area (Å²) in [6.07, 6.45) is -0.606. The van der Waals surface area contributed by atoms with E-state index in [4.69, 9.17) is 9.26 Å². The molecule has 0 aliphatic rings. The van der Waals surface area contributed by atoms with Crippen molar-refractivity contribution in [3.05, 3.63) is 52.7 Å². The molecule has 0 N–H and O–H groups in total. The Morgan fingerprint density at radius 3 is 2.81 bits per heavy atom. The second-order valence-electron chi connectivity index (χ2n) is 6.37. The van der Waals surface area contributed by atoms with Crippen LogP contribution < -0.4 is 4.74 Å². The molecule has 2 aromatic heterocycles. The smallest absolute Gasteiger partial charge is 0.263 e. The highest BCUT2D eigenvalue weighted by molar-refractivity contribution is 7.13. The van der Waals surface area contributed by atoms with Crippen LogP contribution in [0.3, 0.4) is 0 Å². The van der Waals surface area contributed by atoms with Crippen LogP contribution in [0.4, 0.5) is 0 Å². The molecule has 0 aliphatic carbocycles. The summed E-state index contributed by atoms with van der Waals surface area (Å²) in [5, 5.41) is 5.95. The van der Waals surface area contributed by atoms with E-state index in [2.05, 4.69) is 10.1 Å². The first-order valence-electron chi connectivity index (χ1n) is 8.87. The van der Waals surface area contributed by atoms with Gasteiger partial charge in [0, 0.05) is 6.54 Å². The number of benzene rings is 1. The van der Waals surface area contributed by atoms with E-state index in [1.165, 1.54) is 0 Å². The first-order chi connectivity index (χ1) is 13.0. The number of hydrogen-bond acceptors (Lipinski definition) is 6. The highest BCUT2D eigenvalue weighted by Gasteiger charge is 2.24. The average molecular weight is 385 g/mol. The van der Waals surface area contributed by atoms with Crippen molar-refractivity contribution in [2.75, 3.05) is 6.54 Å². The monoisotopic (exact) mass is 385 g/mol. The summed E-state index contributed by atoms with van der Waals surface area (Å²) >= 11 is 1.54. The molecule has 7 heteroatoms. The molecule has 6 nitrogen and oxygen atoms in total. The zero-order chi connectivity index (χ0) is 19.4. The standard InChI is InChI=1S/C20H23N3O3S/c1-5-23(12-18-21-19(22-26-18)17-7-6-10-27-17)20(24)15(4)25-16-9-8-13(2)11-14(16)3/h6-11,15H,5,12H2,1-4H3/t15-/m0/s1. The van der Waals surface area contributed by atoms with Crippen molar-refractivity contribution in [1.29, 1.82) is 0 Å². The molecule has 27 heavy (non-hydrogen) atoms. The van der Waals surface area contributed by atoms with Gasteiger partial charge < -0.3 is 14.2 Å². The average Bonchev–Trinajstić information content (AvgIpc) is 3.32. The maximum Gasteiger partial charge on any atom is 0.263 e. The van der Waals surface area contributed by atoms with E-state index >= 15 is 0 Å². The molecule has 142 valence electrons. The van der Waals surface area contributed by atoms with Gasteiger partial charge in [0.25, 0.3) is 5.91 Å². The third-order valence-corrected chi connectivity index (χ3v) is 5.08. The molecule has 0 spiro atoms. The molecule has 0 saturated carbocycles. The minimum Gasteiger partial charge on any atom is -0.481 e. The maximum absolute atomic E-state index is 12.8. The topological polar surface area (TPSA) is 68.5 Å². The van der Waals surface area contributed by atoms with Crippen LogP contribution in [0.5, 0.6) is 5.75 Å². The van der Waals surface area contributed by atoms with Gasteiger partial charge in [0.15, 0.2) is 6.10 Å². The van der Waals surface area contributed by atoms with E-state index in [-0.39, 0.29) is 12.5 Å². The Hall–Kier alpha value is -2.67. The summed E-state index contributed by atoms with van der Waals surface area (Å²) < 4.78 is 11.2. The molecule has 1 aromatic carbocycles.